The van der Waals surface area contributed by atoms with Crippen LogP contribution in [-0.4, -0.2) is 29.9 Å². The van der Waals surface area contributed by atoms with Crippen molar-refractivity contribution in [3.63, 3.8) is 0 Å². The fraction of sp³-hybridized carbons (Fsp3) is 0.500. The molecule has 0 aromatic heterocycles. The van der Waals surface area contributed by atoms with Crippen molar-refractivity contribution in [2.75, 3.05) is 13.1 Å². The average molecular weight is 311 g/mol. The van der Waals surface area contributed by atoms with E-state index in [1.165, 1.54) is 0 Å². The maximum Gasteiger partial charge on any atom is 0.255 e. The standard InChI is InChI=1S/C14H19BrN2O/c1-10(16)11-5-4-8-17(9-11)14(18)12-6-2-3-7-13(12)15/h2-3,6-7,10-11H,4-5,8-9,16H2,1H3/t10-,11+/m0/s1. The van der Waals surface area contributed by atoms with Crippen LogP contribution < -0.4 is 5.73 Å². The van der Waals surface area contributed by atoms with E-state index in [2.05, 4.69) is 15.9 Å². The Morgan fingerprint density at radius 1 is 1.50 bits per heavy atom. The van der Waals surface area contributed by atoms with Crippen LogP contribution in [0.25, 0.3) is 0 Å². The quantitative estimate of drug-likeness (QED) is 0.913. The van der Waals surface area contributed by atoms with Gasteiger partial charge in [0, 0.05) is 23.6 Å². The molecule has 1 aromatic carbocycles. The Kier molecular flexibility index (Phi) is 4.40. The zero-order chi connectivity index (χ0) is 13.1. The van der Waals surface area contributed by atoms with Gasteiger partial charge in [-0.25, -0.2) is 0 Å². The van der Waals surface area contributed by atoms with Gasteiger partial charge in [-0.05, 0) is 53.7 Å². The summed E-state index contributed by atoms with van der Waals surface area (Å²) >= 11 is 3.44. The summed E-state index contributed by atoms with van der Waals surface area (Å²) in [7, 11) is 0. The van der Waals surface area contributed by atoms with E-state index in [0.29, 0.717) is 5.92 Å². The molecule has 4 heteroatoms. The molecule has 0 saturated carbocycles. The molecule has 1 fully saturated rings. The Labute approximate surface area is 116 Å². The average Bonchev–Trinajstić information content (AvgIpc) is 2.38. The highest BCUT2D eigenvalue weighted by molar-refractivity contribution is 9.10. The summed E-state index contributed by atoms with van der Waals surface area (Å²) in [5, 5.41) is 0. The van der Waals surface area contributed by atoms with Crippen LogP contribution in [0.5, 0.6) is 0 Å². The summed E-state index contributed by atoms with van der Waals surface area (Å²) in [5.41, 5.74) is 6.69. The number of hydrogen-bond acceptors (Lipinski definition) is 2. The first-order valence-electron chi connectivity index (χ1n) is 6.39. The first-order chi connectivity index (χ1) is 8.59. The number of carbonyl (C=O) groups excluding carboxylic acids is 1. The molecule has 0 unspecified atom stereocenters. The topological polar surface area (TPSA) is 46.3 Å². The van der Waals surface area contributed by atoms with Crippen molar-refractivity contribution >= 4 is 21.8 Å². The van der Waals surface area contributed by atoms with Gasteiger partial charge in [0.25, 0.3) is 5.91 Å². The molecule has 0 radical (unpaired) electrons. The molecule has 2 atom stereocenters. The van der Waals surface area contributed by atoms with Gasteiger partial charge in [0.05, 0.1) is 5.56 Å². The number of piperidine rings is 1. The summed E-state index contributed by atoms with van der Waals surface area (Å²) in [6.45, 7) is 3.64. The lowest BCUT2D eigenvalue weighted by Crippen LogP contribution is -2.45. The molecule has 1 heterocycles. The van der Waals surface area contributed by atoms with Crippen molar-refractivity contribution in [3.05, 3.63) is 34.3 Å². The van der Waals surface area contributed by atoms with Gasteiger partial charge in [-0.1, -0.05) is 12.1 Å². The molecule has 0 aliphatic carbocycles. The number of benzene rings is 1. The predicted molar refractivity (Wildman–Crippen MR) is 76.4 cm³/mol. The molecule has 1 aliphatic heterocycles. The maximum atomic E-state index is 12.4. The Hall–Kier alpha value is -0.870. The third-order valence-corrected chi connectivity index (χ3v) is 4.28. The zero-order valence-electron chi connectivity index (χ0n) is 10.6. The van der Waals surface area contributed by atoms with Gasteiger partial charge in [0.1, 0.15) is 0 Å². The molecule has 1 aliphatic rings. The van der Waals surface area contributed by atoms with Crippen molar-refractivity contribution < 1.29 is 4.79 Å². The Morgan fingerprint density at radius 2 is 2.22 bits per heavy atom. The van der Waals surface area contributed by atoms with Crippen LogP contribution in [0.1, 0.15) is 30.1 Å². The summed E-state index contributed by atoms with van der Waals surface area (Å²) < 4.78 is 0.859. The third kappa shape index (κ3) is 2.93. The number of nitrogens with two attached hydrogens (primary N) is 1. The number of carbonyl (C=O) groups is 1. The molecule has 0 bridgehead atoms. The number of nitrogens with zero attached hydrogens (tertiary/aromatic N) is 1. The van der Waals surface area contributed by atoms with Crippen molar-refractivity contribution in [1.82, 2.24) is 4.90 Å². The summed E-state index contributed by atoms with van der Waals surface area (Å²) in [6, 6.07) is 7.73. The smallest absolute Gasteiger partial charge is 0.255 e. The van der Waals surface area contributed by atoms with Gasteiger partial charge >= 0.3 is 0 Å². The van der Waals surface area contributed by atoms with Crippen LogP contribution in [0.15, 0.2) is 28.7 Å². The number of amides is 1. The minimum absolute atomic E-state index is 0.104. The van der Waals surface area contributed by atoms with E-state index in [9.17, 15) is 4.79 Å². The largest absolute Gasteiger partial charge is 0.338 e. The van der Waals surface area contributed by atoms with E-state index < -0.39 is 0 Å². The van der Waals surface area contributed by atoms with E-state index in [-0.39, 0.29) is 11.9 Å². The molecule has 1 saturated heterocycles. The fourth-order valence-electron chi connectivity index (χ4n) is 2.43. The second-order valence-electron chi connectivity index (χ2n) is 4.99. The molecule has 1 amide bonds. The monoisotopic (exact) mass is 310 g/mol. The Morgan fingerprint density at radius 3 is 2.89 bits per heavy atom. The van der Waals surface area contributed by atoms with Crippen LogP contribution in [0.4, 0.5) is 0 Å². The van der Waals surface area contributed by atoms with Crippen LogP contribution in [0.3, 0.4) is 0 Å². The first kappa shape index (κ1) is 13.6. The maximum absolute atomic E-state index is 12.4. The van der Waals surface area contributed by atoms with Gasteiger partial charge in [0.15, 0.2) is 0 Å². The van der Waals surface area contributed by atoms with E-state index >= 15 is 0 Å². The van der Waals surface area contributed by atoms with Crippen LogP contribution in [0, 0.1) is 5.92 Å². The van der Waals surface area contributed by atoms with Gasteiger partial charge in [-0.3, -0.25) is 4.79 Å². The molecule has 1 aromatic rings. The number of likely N-dealkylation sites (tertiary alicyclic amines) is 1. The molecule has 98 valence electrons. The van der Waals surface area contributed by atoms with E-state index in [4.69, 9.17) is 5.73 Å². The molecule has 0 spiro atoms. The second kappa shape index (κ2) is 5.85. The highest BCUT2D eigenvalue weighted by atomic mass is 79.9. The lowest BCUT2D eigenvalue weighted by atomic mass is 9.92. The van der Waals surface area contributed by atoms with E-state index in [0.717, 1.165) is 36.0 Å². The first-order valence-corrected chi connectivity index (χ1v) is 7.18. The highest BCUT2D eigenvalue weighted by Crippen LogP contribution is 2.23. The van der Waals surface area contributed by atoms with Crippen molar-refractivity contribution in [1.29, 1.82) is 0 Å². The van der Waals surface area contributed by atoms with Gasteiger partial charge in [0.2, 0.25) is 0 Å². The molecule has 2 rings (SSSR count). The molecular weight excluding hydrogens is 292 g/mol. The van der Waals surface area contributed by atoms with Crippen LogP contribution in [-0.2, 0) is 0 Å². The highest BCUT2D eigenvalue weighted by Gasteiger charge is 2.27. The third-order valence-electron chi connectivity index (χ3n) is 3.59. The van der Waals surface area contributed by atoms with Gasteiger partial charge < -0.3 is 10.6 Å². The fourth-order valence-corrected chi connectivity index (χ4v) is 2.88. The second-order valence-corrected chi connectivity index (χ2v) is 5.85. The van der Waals surface area contributed by atoms with Crippen LogP contribution >= 0.6 is 15.9 Å². The summed E-state index contributed by atoms with van der Waals surface area (Å²) in [4.78, 5) is 14.4. The lowest BCUT2D eigenvalue weighted by molar-refractivity contribution is 0.0660. The summed E-state index contributed by atoms with van der Waals surface area (Å²) in [5.74, 6) is 0.526. The SMILES string of the molecule is C[C@H](N)[C@@H]1CCCN(C(=O)c2ccccc2Br)C1. The number of hydrogen-bond donors (Lipinski definition) is 1. The number of rotatable bonds is 2. The Balaban J connectivity index is 2.12. The Bertz CT molecular complexity index is 434. The van der Waals surface area contributed by atoms with E-state index in [1.54, 1.807) is 0 Å². The van der Waals surface area contributed by atoms with Crippen LogP contribution in [0.2, 0.25) is 0 Å². The lowest BCUT2D eigenvalue weighted by Gasteiger charge is -2.34. The van der Waals surface area contributed by atoms with Crippen molar-refractivity contribution in [2.24, 2.45) is 11.7 Å². The summed E-state index contributed by atoms with van der Waals surface area (Å²) in [6.07, 6.45) is 2.17. The zero-order valence-corrected chi connectivity index (χ0v) is 12.2. The molecular formula is C14H19BrN2O. The normalized spacial score (nSPS) is 21.7. The van der Waals surface area contributed by atoms with Gasteiger partial charge in [-0.2, -0.15) is 0 Å². The molecule has 18 heavy (non-hydrogen) atoms. The molecule has 2 N–H and O–H groups in total. The van der Waals surface area contributed by atoms with Crippen molar-refractivity contribution in [3.8, 4) is 0 Å². The predicted octanol–water partition coefficient (Wildman–Crippen LogP) is 2.65. The number of halogens is 1. The molecule has 3 nitrogen and oxygen atoms in total. The van der Waals surface area contributed by atoms with Gasteiger partial charge in [-0.15, -0.1) is 0 Å². The minimum atomic E-state index is 0.104. The van der Waals surface area contributed by atoms with E-state index in [1.807, 2.05) is 36.1 Å². The van der Waals surface area contributed by atoms with Crippen molar-refractivity contribution in [2.45, 2.75) is 25.8 Å². The minimum Gasteiger partial charge on any atom is -0.338 e.